The van der Waals surface area contributed by atoms with Gasteiger partial charge in [0.25, 0.3) is 5.91 Å². The molecule has 1 aromatic heterocycles. The molecule has 1 atom stereocenters. The van der Waals surface area contributed by atoms with Gasteiger partial charge in [-0.1, -0.05) is 17.7 Å². The van der Waals surface area contributed by atoms with E-state index in [0.717, 1.165) is 5.56 Å². The van der Waals surface area contributed by atoms with E-state index in [1.165, 1.54) is 28.8 Å². The summed E-state index contributed by atoms with van der Waals surface area (Å²) < 4.78 is 14.3. The molecule has 2 heterocycles. The summed E-state index contributed by atoms with van der Waals surface area (Å²) in [5.41, 5.74) is 2.76. The number of anilines is 1. The highest BCUT2D eigenvalue weighted by Gasteiger charge is 2.36. The number of hydrogen-bond acceptors (Lipinski definition) is 4. The summed E-state index contributed by atoms with van der Waals surface area (Å²) in [5, 5.41) is 2.85. The van der Waals surface area contributed by atoms with Crippen LogP contribution in [-0.4, -0.2) is 44.4 Å². The van der Waals surface area contributed by atoms with E-state index in [1.807, 2.05) is 31.2 Å². The number of carbonyl (C=O) groups is 2. The number of halogens is 1. The Kier molecular flexibility index (Phi) is 4.94. The van der Waals surface area contributed by atoms with Crippen LogP contribution in [0.3, 0.4) is 0 Å². The molecule has 0 aliphatic carbocycles. The highest BCUT2D eigenvalue weighted by atomic mass is 32.2. The summed E-state index contributed by atoms with van der Waals surface area (Å²) in [5.74, 6) is -0.395. The number of nitrogens with zero attached hydrogens (tertiary/aromatic N) is 1. The van der Waals surface area contributed by atoms with E-state index in [0.29, 0.717) is 33.1 Å². The van der Waals surface area contributed by atoms with Gasteiger partial charge < -0.3 is 20.2 Å². The standard InChI is InChI=1S/C19H17FN4O2S2/c1-10-2-4-12(5-3-10)21-17(25)15-8-28-9-24(15)18(26)13-6-11(20)7-14-16(13)23-19(27)22-14/h2-7,15H,8-9H2,1H3,(H,21,25)(H2,22,23,27). The van der Waals surface area contributed by atoms with Gasteiger partial charge in [0, 0.05) is 11.4 Å². The molecule has 3 N–H and O–H groups in total. The van der Waals surface area contributed by atoms with Crippen LogP contribution in [0, 0.1) is 17.5 Å². The maximum absolute atomic E-state index is 14.0. The Balaban J connectivity index is 1.61. The molecule has 1 unspecified atom stereocenters. The first-order valence-electron chi connectivity index (χ1n) is 8.60. The van der Waals surface area contributed by atoms with Gasteiger partial charge in [0.1, 0.15) is 11.9 Å². The van der Waals surface area contributed by atoms with Crippen molar-refractivity contribution in [2.24, 2.45) is 0 Å². The van der Waals surface area contributed by atoms with Gasteiger partial charge in [-0.05, 0) is 43.4 Å². The number of rotatable bonds is 3. The number of fused-ring (bicyclic) bond motifs is 1. The summed E-state index contributed by atoms with van der Waals surface area (Å²) >= 11 is 6.54. The molecule has 3 aromatic rings. The average molecular weight is 417 g/mol. The summed E-state index contributed by atoms with van der Waals surface area (Å²) in [6.07, 6.45) is 0. The third-order valence-corrected chi connectivity index (χ3v) is 5.80. The van der Waals surface area contributed by atoms with Gasteiger partial charge in [-0.2, -0.15) is 0 Å². The number of amides is 2. The first kappa shape index (κ1) is 18.7. The largest absolute Gasteiger partial charge is 0.331 e. The molecular formula is C19H17FN4O2S2. The second kappa shape index (κ2) is 7.40. The molecule has 0 spiro atoms. The molecule has 1 aliphatic rings. The normalized spacial score (nSPS) is 16.5. The van der Waals surface area contributed by atoms with Crippen molar-refractivity contribution in [2.45, 2.75) is 13.0 Å². The predicted molar refractivity (Wildman–Crippen MR) is 111 cm³/mol. The number of imidazole rings is 1. The predicted octanol–water partition coefficient (Wildman–Crippen LogP) is 3.83. The molecule has 28 heavy (non-hydrogen) atoms. The molecule has 1 aliphatic heterocycles. The van der Waals surface area contributed by atoms with Crippen LogP contribution in [0.5, 0.6) is 0 Å². The van der Waals surface area contributed by atoms with Gasteiger partial charge in [-0.3, -0.25) is 9.59 Å². The lowest BCUT2D eigenvalue weighted by atomic mass is 10.1. The van der Waals surface area contributed by atoms with E-state index in [1.54, 1.807) is 0 Å². The molecule has 0 radical (unpaired) electrons. The van der Waals surface area contributed by atoms with Gasteiger partial charge in [0.15, 0.2) is 4.77 Å². The molecule has 9 heteroatoms. The van der Waals surface area contributed by atoms with Gasteiger partial charge in [0.2, 0.25) is 5.91 Å². The molecular weight excluding hydrogens is 399 g/mol. The Morgan fingerprint density at radius 3 is 2.75 bits per heavy atom. The third kappa shape index (κ3) is 3.55. The molecule has 2 aromatic carbocycles. The minimum Gasteiger partial charge on any atom is -0.331 e. The van der Waals surface area contributed by atoms with Gasteiger partial charge in [0.05, 0.1) is 22.5 Å². The maximum atomic E-state index is 14.0. The Labute approximate surface area is 169 Å². The molecule has 0 saturated carbocycles. The maximum Gasteiger partial charge on any atom is 0.257 e. The van der Waals surface area contributed by atoms with Crippen LogP contribution < -0.4 is 5.32 Å². The van der Waals surface area contributed by atoms with Crippen LogP contribution in [-0.2, 0) is 4.79 Å². The molecule has 1 fully saturated rings. The van der Waals surface area contributed by atoms with Gasteiger partial charge in [-0.25, -0.2) is 4.39 Å². The van der Waals surface area contributed by atoms with Gasteiger partial charge in [-0.15, -0.1) is 11.8 Å². The van der Waals surface area contributed by atoms with Crippen LogP contribution in [0.15, 0.2) is 36.4 Å². The first-order valence-corrected chi connectivity index (χ1v) is 10.2. The van der Waals surface area contributed by atoms with Crippen molar-refractivity contribution in [1.29, 1.82) is 0 Å². The van der Waals surface area contributed by atoms with Crippen molar-refractivity contribution in [3.63, 3.8) is 0 Å². The number of hydrogen-bond donors (Lipinski definition) is 3. The highest BCUT2D eigenvalue weighted by molar-refractivity contribution is 7.99. The lowest BCUT2D eigenvalue weighted by molar-refractivity contribution is -0.119. The second-order valence-electron chi connectivity index (χ2n) is 6.60. The van der Waals surface area contributed by atoms with E-state index >= 15 is 0 Å². The number of aryl methyl sites for hydroxylation is 1. The Morgan fingerprint density at radius 1 is 1.25 bits per heavy atom. The highest BCUT2D eigenvalue weighted by Crippen LogP contribution is 2.27. The van der Waals surface area contributed by atoms with Crippen LogP contribution in [0.2, 0.25) is 0 Å². The van der Waals surface area contributed by atoms with E-state index in [4.69, 9.17) is 12.2 Å². The van der Waals surface area contributed by atoms with Crippen LogP contribution >= 0.6 is 24.0 Å². The molecule has 1 saturated heterocycles. The number of carbonyl (C=O) groups excluding carboxylic acids is 2. The first-order chi connectivity index (χ1) is 13.4. The zero-order valence-electron chi connectivity index (χ0n) is 14.9. The van der Waals surface area contributed by atoms with E-state index in [-0.39, 0.29) is 11.5 Å². The molecule has 0 bridgehead atoms. The smallest absolute Gasteiger partial charge is 0.257 e. The quantitative estimate of drug-likeness (QED) is 0.567. The summed E-state index contributed by atoms with van der Waals surface area (Å²) in [7, 11) is 0. The van der Waals surface area contributed by atoms with E-state index < -0.39 is 17.8 Å². The number of aromatic amines is 2. The Hall–Kier alpha value is -2.65. The molecule has 144 valence electrons. The SMILES string of the molecule is Cc1ccc(NC(=O)C2CSCN2C(=O)c2cc(F)cc3[nH]c(=S)[nH]c23)cc1. The number of aromatic nitrogens is 2. The molecule has 2 amide bonds. The zero-order chi connectivity index (χ0) is 19.8. The monoisotopic (exact) mass is 416 g/mol. The van der Waals surface area contributed by atoms with Crippen molar-refractivity contribution >= 4 is 52.5 Å². The summed E-state index contributed by atoms with van der Waals surface area (Å²) in [6.45, 7) is 1.96. The van der Waals surface area contributed by atoms with Crippen molar-refractivity contribution in [2.75, 3.05) is 16.9 Å². The summed E-state index contributed by atoms with van der Waals surface area (Å²) in [6, 6.07) is 9.24. The van der Waals surface area contributed by atoms with E-state index in [2.05, 4.69) is 15.3 Å². The van der Waals surface area contributed by atoms with Crippen molar-refractivity contribution in [3.05, 3.63) is 58.1 Å². The van der Waals surface area contributed by atoms with Crippen LogP contribution in [0.1, 0.15) is 15.9 Å². The zero-order valence-corrected chi connectivity index (χ0v) is 16.5. The summed E-state index contributed by atoms with van der Waals surface area (Å²) in [4.78, 5) is 33.1. The minimum absolute atomic E-state index is 0.151. The second-order valence-corrected chi connectivity index (χ2v) is 8.01. The number of thioether (sulfide) groups is 1. The fourth-order valence-corrected chi connectivity index (χ4v) is 4.52. The molecule has 6 nitrogen and oxygen atoms in total. The third-order valence-electron chi connectivity index (χ3n) is 4.59. The van der Waals surface area contributed by atoms with Crippen molar-refractivity contribution in [3.8, 4) is 0 Å². The fourth-order valence-electron chi connectivity index (χ4n) is 3.15. The average Bonchev–Trinajstić information content (AvgIpc) is 3.28. The van der Waals surface area contributed by atoms with Crippen LogP contribution in [0.25, 0.3) is 11.0 Å². The Bertz CT molecular complexity index is 1120. The lowest BCUT2D eigenvalue weighted by Crippen LogP contribution is -2.44. The molecule has 4 rings (SSSR count). The Morgan fingerprint density at radius 2 is 2.00 bits per heavy atom. The van der Waals surface area contributed by atoms with Crippen LogP contribution in [0.4, 0.5) is 10.1 Å². The topological polar surface area (TPSA) is 81.0 Å². The number of benzene rings is 2. The lowest BCUT2D eigenvalue weighted by Gasteiger charge is -2.23. The van der Waals surface area contributed by atoms with E-state index in [9.17, 15) is 14.0 Å². The number of H-pyrrole nitrogens is 2. The number of nitrogens with one attached hydrogen (secondary N) is 3. The minimum atomic E-state index is -0.640. The van der Waals surface area contributed by atoms with Gasteiger partial charge >= 0.3 is 0 Å². The fraction of sp³-hybridized carbons (Fsp3) is 0.211. The van der Waals surface area contributed by atoms with Crippen molar-refractivity contribution in [1.82, 2.24) is 14.9 Å². The van der Waals surface area contributed by atoms with Crippen molar-refractivity contribution < 1.29 is 14.0 Å².